The van der Waals surface area contributed by atoms with Gasteiger partial charge in [-0.1, -0.05) is 25.1 Å². The molecule has 0 unspecified atom stereocenters. The minimum atomic E-state index is -0.275. The van der Waals surface area contributed by atoms with E-state index in [9.17, 15) is 9.59 Å². The Labute approximate surface area is 173 Å². The first kappa shape index (κ1) is 20.5. The number of benzene rings is 2. The van der Waals surface area contributed by atoms with Gasteiger partial charge in [0.15, 0.2) is 5.01 Å². The molecule has 1 aromatic heterocycles. The van der Waals surface area contributed by atoms with Gasteiger partial charge in [0.25, 0.3) is 11.8 Å². The summed E-state index contributed by atoms with van der Waals surface area (Å²) in [6.45, 7) is 3.32. The molecule has 8 heteroatoms. The summed E-state index contributed by atoms with van der Waals surface area (Å²) < 4.78 is 0. The van der Waals surface area contributed by atoms with Crippen molar-refractivity contribution in [1.29, 1.82) is 0 Å². The molecule has 7 nitrogen and oxygen atoms in total. The van der Waals surface area contributed by atoms with Crippen molar-refractivity contribution >= 4 is 34.5 Å². The van der Waals surface area contributed by atoms with Crippen molar-refractivity contribution in [1.82, 2.24) is 15.8 Å². The number of aromatic nitrogens is 1. The summed E-state index contributed by atoms with van der Waals surface area (Å²) in [7, 11) is 0. The van der Waals surface area contributed by atoms with Crippen LogP contribution in [0.2, 0.25) is 0 Å². The molecular weight excluding hydrogens is 386 g/mol. The van der Waals surface area contributed by atoms with Gasteiger partial charge in [0.2, 0.25) is 0 Å². The van der Waals surface area contributed by atoms with Crippen LogP contribution in [0.25, 0.3) is 0 Å². The van der Waals surface area contributed by atoms with E-state index in [-0.39, 0.29) is 11.8 Å². The van der Waals surface area contributed by atoms with Crippen molar-refractivity contribution in [3.8, 4) is 0 Å². The van der Waals surface area contributed by atoms with Gasteiger partial charge >= 0.3 is 0 Å². The highest BCUT2D eigenvalue weighted by Gasteiger charge is 2.12. The number of hydrogen-bond acceptors (Lipinski definition) is 6. The molecule has 0 aliphatic carbocycles. The Bertz CT molecular complexity index is 941. The number of para-hydroxylation sites is 1. The molecule has 150 valence electrons. The van der Waals surface area contributed by atoms with E-state index in [1.54, 1.807) is 30.5 Å². The molecule has 0 spiro atoms. The summed E-state index contributed by atoms with van der Waals surface area (Å²) in [6, 6.07) is 16.6. The first-order chi connectivity index (χ1) is 14.2. The third kappa shape index (κ3) is 6.13. The van der Waals surface area contributed by atoms with E-state index in [4.69, 9.17) is 0 Å². The predicted octanol–water partition coefficient (Wildman–Crippen LogP) is 3.65. The number of hydrogen-bond donors (Lipinski definition) is 4. The van der Waals surface area contributed by atoms with Crippen LogP contribution in [0.1, 0.15) is 38.4 Å². The first-order valence-electron chi connectivity index (χ1n) is 9.34. The number of thiazole rings is 1. The molecule has 3 rings (SSSR count). The fourth-order valence-corrected chi connectivity index (χ4v) is 3.22. The van der Waals surface area contributed by atoms with E-state index < -0.39 is 0 Å². The number of carbonyl (C=O) groups is 2. The van der Waals surface area contributed by atoms with Crippen molar-refractivity contribution in [2.75, 3.05) is 17.2 Å². The molecule has 0 radical (unpaired) electrons. The summed E-state index contributed by atoms with van der Waals surface area (Å²) in [6.07, 6.45) is 2.62. The molecule has 0 bridgehead atoms. The quantitative estimate of drug-likeness (QED) is 0.320. The van der Waals surface area contributed by atoms with Crippen LogP contribution in [0, 0.1) is 0 Å². The zero-order valence-electron chi connectivity index (χ0n) is 16.1. The highest BCUT2D eigenvalue weighted by atomic mass is 32.1. The third-order valence-electron chi connectivity index (χ3n) is 3.97. The third-order valence-corrected chi connectivity index (χ3v) is 4.97. The summed E-state index contributed by atoms with van der Waals surface area (Å²) in [5, 5.41) is 6.49. The maximum atomic E-state index is 12.4. The molecule has 0 atom stereocenters. The Kier molecular flexibility index (Phi) is 7.32. The van der Waals surface area contributed by atoms with Crippen molar-refractivity contribution in [3.63, 3.8) is 0 Å². The monoisotopic (exact) mass is 409 g/mol. The van der Waals surface area contributed by atoms with Crippen LogP contribution in [0.3, 0.4) is 0 Å². The smallest absolute Gasteiger partial charge is 0.284 e. The van der Waals surface area contributed by atoms with E-state index in [0.29, 0.717) is 29.3 Å². The number of anilines is 2. The van der Waals surface area contributed by atoms with Crippen LogP contribution in [0.4, 0.5) is 11.4 Å². The average Bonchev–Trinajstić information content (AvgIpc) is 3.23. The van der Waals surface area contributed by atoms with Crippen LogP contribution in [-0.4, -0.2) is 23.3 Å². The van der Waals surface area contributed by atoms with E-state index in [0.717, 1.165) is 17.0 Å². The normalized spacial score (nSPS) is 10.4. The van der Waals surface area contributed by atoms with Gasteiger partial charge in [-0.25, -0.2) is 10.4 Å². The van der Waals surface area contributed by atoms with Crippen LogP contribution in [0.15, 0.2) is 60.8 Å². The number of hydrazine groups is 1. The first-order valence-corrected chi connectivity index (χ1v) is 10.2. The van der Waals surface area contributed by atoms with Crippen molar-refractivity contribution in [2.24, 2.45) is 0 Å². The van der Waals surface area contributed by atoms with Crippen LogP contribution < -0.4 is 21.5 Å². The Morgan fingerprint density at radius 3 is 2.45 bits per heavy atom. The predicted molar refractivity (Wildman–Crippen MR) is 116 cm³/mol. The van der Waals surface area contributed by atoms with Gasteiger partial charge < -0.3 is 10.6 Å². The Morgan fingerprint density at radius 2 is 1.72 bits per heavy atom. The Hall–Kier alpha value is -3.23. The zero-order chi connectivity index (χ0) is 20.5. The maximum absolute atomic E-state index is 12.4. The molecule has 0 aliphatic heterocycles. The molecule has 0 saturated carbocycles. The number of nitrogens with zero attached hydrogens (tertiary/aromatic N) is 1. The van der Waals surface area contributed by atoms with E-state index in [2.05, 4.69) is 26.5 Å². The molecule has 1 heterocycles. The standard InChI is InChI=1S/C21H23N5O2S/c1-2-12-24-26-19(27)15-8-10-17(11-9-15)25-20(28)21-23-14-18(29-21)13-22-16-6-4-3-5-7-16/h3-11,14,22,24H,2,12-13H2,1H3,(H,25,28)(H,26,27). The van der Waals surface area contributed by atoms with Gasteiger partial charge in [0, 0.05) is 34.6 Å². The molecule has 2 aromatic carbocycles. The van der Waals surface area contributed by atoms with Gasteiger partial charge in [0.05, 0.1) is 6.54 Å². The lowest BCUT2D eigenvalue weighted by molar-refractivity contribution is 0.0933. The van der Waals surface area contributed by atoms with Gasteiger partial charge in [-0.2, -0.15) is 0 Å². The largest absolute Gasteiger partial charge is 0.380 e. The molecule has 0 aliphatic rings. The minimum absolute atomic E-state index is 0.216. The average molecular weight is 410 g/mol. The van der Waals surface area contributed by atoms with Crippen molar-refractivity contribution in [2.45, 2.75) is 19.9 Å². The second-order valence-electron chi connectivity index (χ2n) is 6.26. The molecule has 4 N–H and O–H groups in total. The van der Waals surface area contributed by atoms with Gasteiger partial charge in [-0.3, -0.25) is 15.0 Å². The Balaban J connectivity index is 1.52. The van der Waals surface area contributed by atoms with Gasteiger partial charge in [0.1, 0.15) is 0 Å². The molecule has 3 aromatic rings. The molecule has 0 fully saturated rings. The van der Waals surface area contributed by atoms with Crippen molar-refractivity contribution < 1.29 is 9.59 Å². The number of carbonyl (C=O) groups excluding carboxylic acids is 2. The van der Waals surface area contributed by atoms with Crippen LogP contribution in [0.5, 0.6) is 0 Å². The number of nitrogens with one attached hydrogen (secondary N) is 4. The summed E-state index contributed by atoms with van der Waals surface area (Å²) in [5.41, 5.74) is 7.59. The fraction of sp³-hybridized carbons (Fsp3) is 0.190. The molecule has 29 heavy (non-hydrogen) atoms. The highest BCUT2D eigenvalue weighted by molar-refractivity contribution is 7.13. The Morgan fingerprint density at radius 1 is 0.966 bits per heavy atom. The maximum Gasteiger partial charge on any atom is 0.284 e. The van der Waals surface area contributed by atoms with Gasteiger partial charge in [-0.05, 0) is 42.8 Å². The fourth-order valence-electron chi connectivity index (χ4n) is 2.47. The lowest BCUT2D eigenvalue weighted by Gasteiger charge is -2.07. The summed E-state index contributed by atoms with van der Waals surface area (Å²) in [5.74, 6) is -0.491. The second kappa shape index (κ2) is 10.4. The zero-order valence-corrected chi connectivity index (χ0v) is 16.9. The SMILES string of the molecule is CCCNNC(=O)c1ccc(NC(=O)c2ncc(CNc3ccccc3)s2)cc1. The summed E-state index contributed by atoms with van der Waals surface area (Å²) in [4.78, 5) is 29.6. The number of amides is 2. The molecule has 2 amide bonds. The lowest BCUT2D eigenvalue weighted by atomic mass is 10.2. The highest BCUT2D eigenvalue weighted by Crippen LogP contribution is 2.17. The second-order valence-corrected chi connectivity index (χ2v) is 7.38. The molecule has 0 saturated heterocycles. The van der Waals surface area contributed by atoms with Crippen molar-refractivity contribution in [3.05, 3.63) is 76.2 Å². The number of rotatable bonds is 9. The van der Waals surface area contributed by atoms with E-state index in [1.807, 2.05) is 37.3 Å². The van der Waals surface area contributed by atoms with Crippen LogP contribution >= 0.6 is 11.3 Å². The lowest BCUT2D eigenvalue weighted by Crippen LogP contribution is -2.37. The van der Waals surface area contributed by atoms with E-state index >= 15 is 0 Å². The topological polar surface area (TPSA) is 95.1 Å². The molecular formula is C21H23N5O2S. The van der Waals surface area contributed by atoms with Crippen LogP contribution in [-0.2, 0) is 6.54 Å². The van der Waals surface area contributed by atoms with Gasteiger partial charge in [-0.15, -0.1) is 11.3 Å². The van der Waals surface area contributed by atoms with E-state index in [1.165, 1.54) is 11.3 Å². The summed E-state index contributed by atoms with van der Waals surface area (Å²) >= 11 is 1.34. The minimum Gasteiger partial charge on any atom is -0.380 e.